The number of hydrogen-bond acceptors (Lipinski definition) is 4. The van der Waals surface area contributed by atoms with E-state index in [1.807, 2.05) is 31.2 Å². The minimum Gasteiger partial charge on any atom is -0.357 e. The highest BCUT2D eigenvalue weighted by molar-refractivity contribution is 9.10. The lowest BCUT2D eigenvalue weighted by molar-refractivity contribution is -0.139. The summed E-state index contributed by atoms with van der Waals surface area (Å²) in [7, 11) is -2.72. The minimum absolute atomic E-state index is 0.0102. The largest absolute Gasteiger partial charge is 0.357 e. The molecule has 0 unspecified atom stereocenters. The van der Waals surface area contributed by atoms with Gasteiger partial charge in [0.15, 0.2) is 0 Å². The van der Waals surface area contributed by atoms with Gasteiger partial charge in [-0.1, -0.05) is 45.8 Å². The summed E-state index contributed by atoms with van der Waals surface area (Å²) in [6.45, 7) is 2.91. The molecule has 0 saturated carbocycles. The molecule has 0 saturated heterocycles. The van der Waals surface area contributed by atoms with Crippen molar-refractivity contribution in [1.29, 1.82) is 0 Å². The number of sulfonamides is 1. The lowest BCUT2D eigenvalue weighted by Gasteiger charge is -2.31. The maximum atomic E-state index is 13.6. The Hall–Kier alpha value is -3.24. The summed E-state index contributed by atoms with van der Waals surface area (Å²) in [4.78, 5) is 27.4. The van der Waals surface area contributed by atoms with E-state index >= 15 is 0 Å². The molecule has 1 N–H and O–H groups in total. The van der Waals surface area contributed by atoms with E-state index in [4.69, 9.17) is 0 Å². The molecule has 0 spiro atoms. The second-order valence-corrected chi connectivity index (χ2v) is 11.0. The van der Waals surface area contributed by atoms with Crippen LogP contribution < -0.4 is 9.62 Å². The summed E-state index contributed by atoms with van der Waals surface area (Å²) in [6, 6.07) is 17.5. The zero-order chi connectivity index (χ0) is 26.5. The summed E-state index contributed by atoms with van der Waals surface area (Å²) in [5.74, 6) is -1.52. The van der Waals surface area contributed by atoms with E-state index in [2.05, 4.69) is 21.2 Å². The SMILES string of the molecule is CNC(=O)[C@@H](C)N(Cc1ccc(Br)cc1)C(=O)CN(c1ccc(F)cc1)S(=O)(=O)c1ccc(C)cc1. The van der Waals surface area contributed by atoms with Crippen LogP contribution in [0.25, 0.3) is 0 Å². The van der Waals surface area contributed by atoms with Crippen molar-refractivity contribution < 1.29 is 22.4 Å². The van der Waals surface area contributed by atoms with E-state index < -0.39 is 40.2 Å². The van der Waals surface area contributed by atoms with Crippen LogP contribution in [0.5, 0.6) is 0 Å². The Balaban J connectivity index is 2.01. The smallest absolute Gasteiger partial charge is 0.264 e. The highest BCUT2D eigenvalue weighted by atomic mass is 79.9. The number of nitrogens with zero attached hydrogens (tertiary/aromatic N) is 2. The number of hydrogen-bond donors (Lipinski definition) is 1. The van der Waals surface area contributed by atoms with Crippen molar-refractivity contribution in [2.75, 3.05) is 17.9 Å². The first-order chi connectivity index (χ1) is 17.0. The van der Waals surface area contributed by atoms with Crippen molar-refractivity contribution in [3.05, 3.63) is 94.2 Å². The van der Waals surface area contributed by atoms with Crippen LogP contribution >= 0.6 is 15.9 Å². The van der Waals surface area contributed by atoms with Gasteiger partial charge >= 0.3 is 0 Å². The van der Waals surface area contributed by atoms with Crippen LogP contribution in [0.2, 0.25) is 0 Å². The van der Waals surface area contributed by atoms with Gasteiger partial charge in [-0.05, 0) is 67.9 Å². The van der Waals surface area contributed by atoms with Gasteiger partial charge in [0.25, 0.3) is 10.0 Å². The molecule has 3 aromatic rings. The zero-order valence-corrected chi connectivity index (χ0v) is 22.5. The van der Waals surface area contributed by atoms with E-state index in [-0.39, 0.29) is 17.1 Å². The third-order valence-corrected chi connectivity index (χ3v) is 8.00. The molecule has 0 aliphatic rings. The number of carbonyl (C=O) groups excluding carboxylic acids is 2. The van der Waals surface area contributed by atoms with Crippen LogP contribution in [-0.4, -0.2) is 44.8 Å². The van der Waals surface area contributed by atoms with Crippen molar-refractivity contribution in [3.8, 4) is 0 Å². The van der Waals surface area contributed by atoms with Crippen molar-refractivity contribution in [2.24, 2.45) is 0 Å². The molecule has 3 rings (SSSR count). The van der Waals surface area contributed by atoms with Crippen LogP contribution in [0.3, 0.4) is 0 Å². The number of nitrogens with one attached hydrogen (secondary N) is 1. The van der Waals surface area contributed by atoms with Crippen molar-refractivity contribution in [2.45, 2.75) is 31.3 Å². The van der Waals surface area contributed by atoms with E-state index in [9.17, 15) is 22.4 Å². The average molecular weight is 576 g/mol. The Kier molecular flexibility index (Phi) is 8.86. The van der Waals surface area contributed by atoms with Crippen LogP contribution in [0.15, 0.2) is 82.2 Å². The number of amides is 2. The van der Waals surface area contributed by atoms with E-state index in [1.54, 1.807) is 19.1 Å². The Bertz CT molecular complexity index is 1310. The van der Waals surface area contributed by atoms with Crippen LogP contribution in [-0.2, 0) is 26.2 Å². The molecule has 0 bridgehead atoms. The zero-order valence-electron chi connectivity index (χ0n) is 20.1. The van der Waals surface area contributed by atoms with Gasteiger partial charge in [0, 0.05) is 18.1 Å². The van der Waals surface area contributed by atoms with Gasteiger partial charge < -0.3 is 10.2 Å². The van der Waals surface area contributed by atoms with Gasteiger partial charge in [-0.25, -0.2) is 12.8 Å². The second kappa shape index (κ2) is 11.7. The summed E-state index contributed by atoms with van der Waals surface area (Å²) in [5, 5.41) is 2.53. The van der Waals surface area contributed by atoms with E-state index in [0.717, 1.165) is 32.0 Å². The molecule has 0 aliphatic carbocycles. The first-order valence-electron chi connectivity index (χ1n) is 11.1. The summed E-state index contributed by atoms with van der Waals surface area (Å²) in [6.07, 6.45) is 0. The number of halogens is 2. The third kappa shape index (κ3) is 6.50. The fraction of sp³-hybridized carbons (Fsp3) is 0.231. The molecule has 1 atom stereocenters. The van der Waals surface area contributed by atoms with Gasteiger partial charge in [-0.15, -0.1) is 0 Å². The molecule has 2 amide bonds. The third-order valence-electron chi connectivity index (χ3n) is 5.68. The molecule has 0 fully saturated rings. The quantitative estimate of drug-likeness (QED) is 0.413. The second-order valence-electron chi connectivity index (χ2n) is 8.24. The average Bonchev–Trinajstić information content (AvgIpc) is 2.86. The molecule has 7 nitrogen and oxygen atoms in total. The standard InChI is InChI=1S/C26H27BrFN3O4S/c1-18-4-14-24(15-5-18)36(34,35)31(23-12-10-22(28)11-13-23)17-25(32)30(19(2)26(33)29-3)16-20-6-8-21(27)9-7-20/h4-15,19H,16-17H2,1-3H3,(H,29,33)/t19-/m1/s1. The highest BCUT2D eigenvalue weighted by Gasteiger charge is 2.32. The fourth-order valence-corrected chi connectivity index (χ4v) is 5.23. The molecule has 0 aromatic heterocycles. The number of likely N-dealkylation sites (N-methyl/N-ethyl adjacent to an activating group) is 1. The van der Waals surface area contributed by atoms with Gasteiger partial charge in [-0.2, -0.15) is 0 Å². The number of carbonyl (C=O) groups is 2. The van der Waals surface area contributed by atoms with Gasteiger partial charge in [0.05, 0.1) is 10.6 Å². The van der Waals surface area contributed by atoms with Gasteiger partial charge in [0.2, 0.25) is 11.8 Å². The lowest BCUT2D eigenvalue weighted by Crippen LogP contribution is -2.50. The highest BCUT2D eigenvalue weighted by Crippen LogP contribution is 2.25. The lowest BCUT2D eigenvalue weighted by atomic mass is 10.1. The summed E-state index contributed by atoms with van der Waals surface area (Å²) in [5.41, 5.74) is 1.76. The number of benzene rings is 3. The minimum atomic E-state index is -4.19. The molecule has 36 heavy (non-hydrogen) atoms. The molecular weight excluding hydrogens is 549 g/mol. The Morgan fingerprint density at radius 1 is 0.972 bits per heavy atom. The topological polar surface area (TPSA) is 86.8 Å². The molecule has 10 heteroatoms. The predicted molar refractivity (Wildman–Crippen MR) is 140 cm³/mol. The number of rotatable bonds is 9. The van der Waals surface area contributed by atoms with Crippen LogP contribution in [0.4, 0.5) is 10.1 Å². The first kappa shape index (κ1) is 27.3. The summed E-state index contributed by atoms with van der Waals surface area (Å²) < 4.78 is 42.6. The van der Waals surface area contributed by atoms with Crippen LogP contribution in [0.1, 0.15) is 18.1 Å². The predicted octanol–water partition coefficient (Wildman–Crippen LogP) is 4.26. The molecule has 3 aromatic carbocycles. The van der Waals surface area contributed by atoms with E-state index in [1.165, 1.54) is 36.2 Å². The van der Waals surface area contributed by atoms with Crippen LogP contribution in [0, 0.1) is 12.7 Å². The normalized spacial score (nSPS) is 12.0. The van der Waals surface area contributed by atoms with Crippen molar-refractivity contribution in [3.63, 3.8) is 0 Å². The maximum absolute atomic E-state index is 13.6. The Morgan fingerprint density at radius 2 is 1.56 bits per heavy atom. The van der Waals surface area contributed by atoms with Crippen molar-refractivity contribution in [1.82, 2.24) is 10.2 Å². The first-order valence-corrected chi connectivity index (χ1v) is 13.4. The van der Waals surface area contributed by atoms with Gasteiger partial charge in [-0.3, -0.25) is 13.9 Å². The monoisotopic (exact) mass is 575 g/mol. The Morgan fingerprint density at radius 3 is 2.11 bits per heavy atom. The van der Waals surface area contributed by atoms with Gasteiger partial charge in [0.1, 0.15) is 18.4 Å². The summed E-state index contributed by atoms with van der Waals surface area (Å²) >= 11 is 3.37. The number of anilines is 1. The van der Waals surface area contributed by atoms with E-state index in [0.29, 0.717) is 0 Å². The molecule has 0 aliphatic heterocycles. The Labute approximate surface area is 219 Å². The fourth-order valence-electron chi connectivity index (χ4n) is 3.55. The molecule has 190 valence electrons. The molecule has 0 radical (unpaired) electrons. The maximum Gasteiger partial charge on any atom is 0.264 e. The number of aryl methyl sites for hydroxylation is 1. The molecule has 0 heterocycles. The molecular formula is C26H27BrFN3O4S. The van der Waals surface area contributed by atoms with Crippen molar-refractivity contribution >= 4 is 43.5 Å².